The molecular weight excluding hydrogens is 386 g/mol. The van der Waals surface area contributed by atoms with Gasteiger partial charge in [0.1, 0.15) is 12.1 Å². The van der Waals surface area contributed by atoms with Crippen LogP contribution in [0.1, 0.15) is 16.8 Å². The number of hydrogen-bond acceptors (Lipinski definition) is 4. The first kappa shape index (κ1) is 19.1. The van der Waals surface area contributed by atoms with Crippen molar-refractivity contribution in [3.63, 3.8) is 0 Å². The average Bonchev–Trinajstić information content (AvgIpc) is 3.02. The maximum Gasteiger partial charge on any atom is 0.416 e. The van der Waals surface area contributed by atoms with Gasteiger partial charge in [-0.15, -0.1) is 0 Å². The van der Waals surface area contributed by atoms with E-state index < -0.39 is 38.9 Å². The third-order valence-electron chi connectivity index (χ3n) is 3.65. The van der Waals surface area contributed by atoms with Crippen molar-refractivity contribution in [1.29, 1.82) is 0 Å². The van der Waals surface area contributed by atoms with Gasteiger partial charge in [-0.3, -0.25) is 0 Å². The molecule has 0 bridgehead atoms. The molecule has 2 aromatic carbocycles. The summed E-state index contributed by atoms with van der Waals surface area (Å²) in [6.45, 7) is 0. The summed E-state index contributed by atoms with van der Waals surface area (Å²) in [5.41, 5.74) is -0.290. The Morgan fingerprint density at radius 3 is 2.37 bits per heavy atom. The largest absolute Gasteiger partial charge is 0.444 e. The molecule has 4 nitrogen and oxygen atoms in total. The second-order valence-electron chi connectivity index (χ2n) is 5.88. The van der Waals surface area contributed by atoms with E-state index >= 15 is 0 Å². The fourth-order valence-electron chi connectivity index (χ4n) is 2.47. The molecule has 0 aliphatic carbocycles. The molecule has 0 N–H and O–H groups in total. The van der Waals surface area contributed by atoms with Crippen molar-refractivity contribution in [2.75, 3.05) is 0 Å². The van der Waals surface area contributed by atoms with Gasteiger partial charge in [0.2, 0.25) is 5.89 Å². The fraction of sp³-hybridized carbons (Fsp3) is 0.167. The number of rotatable bonds is 5. The van der Waals surface area contributed by atoms with Crippen LogP contribution >= 0.6 is 0 Å². The molecule has 9 heteroatoms. The summed E-state index contributed by atoms with van der Waals surface area (Å²) in [6.07, 6.45) is -3.39. The lowest BCUT2D eigenvalue weighted by molar-refractivity contribution is -0.137. The molecule has 0 spiro atoms. The van der Waals surface area contributed by atoms with E-state index in [2.05, 4.69) is 4.98 Å². The molecule has 0 radical (unpaired) electrons. The van der Waals surface area contributed by atoms with E-state index in [4.69, 9.17) is 4.42 Å². The average molecular weight is 399 g/mol. The highest BCUT2D eigenvalue weighted by atomic mass is 32.2. The van der Waals surface area contributed by atoms with Crippen molar-refractivity contribution in [3.05, 3.63) is 77.4 Å². The lowest BCUT2D eigenvalue weighted by Crippen LogP contribution is -2.10. The Morgan fingerprint density at radius 2 is 1.70 bits per heavy atom. The molecule has 0 unspecified atom stereocenters. The first-order valence-corrected chi connectivity index (χ1v) is 9.51. The van der Waals surface area contributed by atoms with Crippen molar-refractivity contribution < 1.29 is 30.4 Å². The first-order chi connectivity index (χ1) is 12.6. The quantitative estimate of drug-likeness (QED) is 0.588. The van der Waals surface area contributed by atoms with Gasteiger partial charge in [0, 0.05) is 5.56 Å². The van der Waals surface area contributed by atoms with Crippen molar-refractivity contribution in [1.82, 2.24) is 4.98 Å². The molecule has 27 heavy (non-hydrogen) atoms. The van der Waals surface area contributed by atoms with Crippen LogP contribution < -0.4 is 0 Å². The van der Waals surface area contributed by atoms with E-state index in [0.717, 1.165) is 24.5 Å². The number of hydrogen-bond donors (Lipinski definition) is 0. The van der Waals surface area contributed by atoms with Crippen LogP contribution in [0, 0.1) is 5.82 Å². The highest BCUT2D eigenvalue weighted by Gasteiger charge is 2.30. The van der Waals surface area contributed by atoms with Crippen molar-refractivity contribution >= 4 is 9.84 Å². The van der Waals surface area contributed by atoms with Gasteiger partial charge in [-0.1, -0.05) is 18.2 Å². The third-order valence-corrected chi connectivity index (χ3v) is 5.16. The topological polar surface area (TPSA) is 60.2 Å². The second kappa shape index (κ2) is 7.15. The Kier molecular flexibility index (Phi) is 5.05. The minimum atomic E-state index is -4.55. The van der Waals surface area contributed by atoms with E-state index in [1.807, 2.05) is 0 Å². The van der Waals surface area contributed by atoms with Crippen LogP contribution in [0.5, 0.6) is 0 Å². The molecule has 0 saturated heterocycles. The molecular formula is C18H13F4NO3S. The Bertz CT molecular complexity index is 1040. The van der Waals surface area contributed by atoms with Crippen molar-refractivity contribution in [2.45, 2.75) is 17.7 Å². The molecule has 3 aromatic rings. The summed E-state index contributed by atoms with van der Waals surface area (Å²) in [5, 5.41) is 0. The van der Waals surface area contributed by atoms with E-state index in [9.17, 15) is 26.0 Å². The van der Waals surface area contributed by atoms with Gasteiger partial charge in [0.25, 0.3) is 0 Å². The number of alkyl halides is 3. The van der Waals surface area contributed by atoms with Gasteiger partial charge >= 0.3 is 6.18 Å². The molecule has 0 fully saturated rings. The van der Waals surface area contributed by atoms with Gasteiger partial charge in [0.05, 0.1) is 22.8 Å². The lowest BCUT2D eigenvalue weighted by atomic mass is 10.1. The van der Waals surface area contributed by atoms with Crippen LogP contribution in [0.4, 0.5) is 17.6 Å². The number of aromatic nitrogens is 1. The summed E-state index contributed by atoms with van der Waals surface area (Å²) >= 11 is 0. The minimum absolute atomic E-state index is 0.0343. The zero-order chi connectivity index (χ0) is 19.7. The highest BCUT2D eigenvalue weighted by molar-refractivity contribution is 7.89. The maximum absolute atomic E-state index is 12.9. The molecule has 0 aliphatic heterocycles. The SMILES string of the molecule is O=S(=O)(Cc1cccc(C(F)(F)F)c1)Cc1coc(-c2ccc(F)cc2)n1. The van der Waals surface area contributed by atoms with Crippen LogP contribution in [0.25, 0.3) is 11.5 Å². The maximum atomic E-state index is 12.9. The highest BCUT2D eigenvalue weighted by Crippen LogP contribution is 2.30. The number of oxazole rings is 1. The predicted octanol–water partition coefficient (Wildman–Crippen LogP) is 4.61. The smallest absolute Gasteiger partial charge is 0.416 e. The van der Waals surface area contributed by atoms with Gasteiger partial charge in [-0.25, -0.2) is 17.8 Å². The molecule has 1 heterocycles. The van der Waals surface area contributed by atoms with Gasteiger partial charge in [-0.2, -0.15) is 13.2 Å². The molecule has 0 aliphatic rings. The fourth-order valence-corrected chi connectivity index (χ4v) is 3.84. The van der Waals surface area contributed by atoms with Crippen molar-refractivity contribution in [3.8, 4) is 11.5 Å². The second-order valence-corrected chi connectivity index (χ2v) is 7.95. The van der Waals surface area contributed by atoms with Gasteiger partial charge in [0.15, 0.2) is 9.84 Å². The molecule has 1 aromatic heterocycles. The van der Waals surface area contributed by atoms with Crippen LogP contribution in [0.15, 0.2) is 59.2 Å². The molecule has 0 atom stereocenters. The summed E-state index contributed by atoms with van der Waals surface area (Å²) in [5.74, 6) is -1.36. The van der Waals surface area contributed by atoms with E-state index in [0.29, 0.717) is 5.56 Å². The summed E-state index contributed by atoms with van der Waals surface area (Å²) in [7, 11) is -3.78. The predicted molar refractivity (Wildman–Crippen MR) is 89.7 cm³/mol. The number of sulfone groups is 1. The normalized spacial score (nSPS) is 12.3. The summed E-state index contributed by atoms with van der Waals surface area (Å²) in [6, 6.07) is 9.46. The Balaban J connectivity index is 1.75. The monoisotopic (exact) mass is 399 g/mol. The van der Waals surface area contributed by atoms with Crippen molar-refractivity contribution in [2.24, 2.45) is 0 Å². The lowest BCUT2D eigenvalue weighted by Gasteiger charge is -2.08. The number of nitrogens with zero attached hydrogens (tertiary/aromatic N) is 1. The van der Waals surface area contributed by atoms with E-state index in [-0.39, 0.29) is 17.1 Å². The van der Waals surface area contributed by atoms with Crippen LogP contribution in [0.2, 0.25) is 0 Å². The Morgan fingerprint density at radius 1 is 1.00 bits per heavy atom. The Labute approximate surface area is 152 Å². The standard InChI is InChI=1S/C18H13F4NO3S/c19-15-6-4-13(5-7-15)17-23-16(9-26-17)11-27(24,25)10-12-2-1-3-14(8-12)18(20,21)22/h1-9H,10-11H2. The van der Waals surface area contributed by atoms with Gasteiger partial charge in [-0.05, 0) is 35.9 Å². The summed E-state index contributed by atoms with van der Waals surface area (Å²) in [4.78, 5) is 4.05. The summed E-state index contributed by atoms with van der Waals surface area (Å²) < 4.78 is 81.0. The minimum Gasteiger partial charge on any atom is -0.444 e. The van der Waals surface area contributed by atoms with Crippen LogP contribution in [-0.2, 0) is 27.5 Å². The van der Waals surface area contributed by atoms with Crippen LogP contribution in [0.3, 0.4) is 0 Å². The number of halogens is 4. The Hall–Kier alpha value is -2.68. The third kappa shape index (κ3) is 4.94. The van der Waals surface area contributed by atoms with E-state index in [1.54, 1.807) is 0 Å². The zero-order valence-corrected chi connectivity index (χ0v) is 14.5. The van der Waals surface area contributed by atoms with Gasteiger partial charge < -0.3 is 4.42 Å². The molecule has 3 rings (SSSR count). The number of benzene rings is 2. The van der Waals surface area contributed by atoms with Crippen LogP contribution in [-0.4, -0.2) is 13.4 Å². The molecule has 0 saturated carbocycles. The van der Waals surface area contributed by atoms with E-state index in [1.165, 1.54) is 30.3 Å². The molecule has 0 amide bonds. The zero-order valence-electron chi connectivity index (χ0n) is 13.7. The molecule has 142 valence electrons. The first-order valence-electron chi connectivity index (χ1n) is 7.69.